The molecule has 0 amide bonds. The van der Waals surface area contributed by atoms with Gasteiger partial charge in [-0.1, -0.05) is 27.7 Å². The zero-order valence-electron chi connectivity index (χ0n) is 11.4. The third-order valence-electron chi connectivity index (χ3n) is 8.26. The summed E-state index contributed by atoms with van der Waals surface area (Å²) >= 11 is 0. The molecule has 0 radical (unpaired) electrons. The highest BCUT2D eigenvalue weighted by Crippen LogP contribution is 2.93. The third-order valence-corrected chi connectivity index (χ3v) is 8.26. The normalized spacial score (nSPS) is 75.3. The number of Topliss-reactive ketones (excluding diaryl/α,β-unsaturated/α-hetero) is 1. The number of carbonyl (C=O) groups excluding carboxylic acids is 1. The van der Waals surface area contributed by atoms with Gasteiger partial charge in [-0.3, -0.25) is 4.79 Å². The van der Waals surface area contributed by atoms with Crippen LogP contribution in [0.2, 0.25) is 0 Å². The Hall–Kier alpha value is -0.370. The Labute approximate surface area is 103 Å². The van der Waals surface area contributed by atoms with Gasteiger partial charge in [0.25, 0.3) is 0 Å². The molecule has 4 aliphatic rings. The van der Waals surface area contributed by atoms with E-state index in [-0.39, 0.29) is 22.2 Å². The minimum absolute atomic E-state index is 0.0237. The van der Waals surface area contributed by atoms with E-state index in [1.807, 2.05) is 6.92 Å². The second-order valence-corrected chi connectivity index (χ2v) is 7.89. The number of carbonyl (C=O) groups is 1. The van der Waals surface area contributed by atoms with Gasteiger partial charge in [-0.25, -0.2) is 0 Å². The summed E-state index contributed by atoms with van der Waals surface area (Å²) in [5, 5.41) is 10.9. The number of aliphatic hydroxyl groups is 1. The molecule has 0 aromatic heterocycles. The lowest BCUT2D eigenvalue weighted by Crippen LogP contribution is -2.42. The fraction of sp³-hybridized carbons (Fsp3) is 0.933. The van der Waals surface area contributed by atoms with Crippen LogP contribution in [0.15, 0.2) is 0 Å². The van der Waals surface area contributed by atoms with Crippen molar-refractivity contribution >= 4 is 5.78 Å². The number of hydrogen-bond acceptors (Lipinski definition) is 2. The van der Waals surface area contributed by atoms with Gasteiger partial charge in [0.15, 0.2) is 0 Å². The molecule has 4 aliphatic carbocycles. The maximum absolute atomic E-state index is 12.8. The van der Waals surface area contributed by atoms with Gasteiger partial charge in [0.1, 0.15) is 5.78 Å². The molecule has 94 valence electrons. The van der Waals surface area contributed by atoms with Crippen molar-refractivity contribution in [3.63, 3.8) is 0 Å². The van der Waals surface area contributed by atoms with Crippen molar-refractivity contribution in [1.29, 1.82) is 0 Å². The van der Waals surface area contributed by atoms with Crippen LogP contribution in [0, 0.1) is 39.9 Å². The Morgan fingerprint density at radius 1 is 1.24 bits per heavy atom. The maximum atomic E-state index is 12.8. The quantitative estimate of drug-likeness (QED) is 0.698. The van der Waals surface area contributed by atoms with E-state index in [4.69, 9.17) is 0 Å². The summed E-state index contributed by atoms with van der Waals surface area (Å²) in [5.41, 5.74) is -0.723. The summed E-state index contributed by atoms with van der Waals surface area (Å²) < 4.78 is 0. The van der Waals surface area contributed by atoms with Gasteiger partial charge in [-0.2, -0.15) is 0 Å². The average Bonchev–Trinajstić information content (AvgIpc) is 2.65. The van der Waals surface area contributed by atoms with Crippen LogP contribution < -0.4 is 0 Å². The van der Waals surface area contributed by atoms with Crippen LogP contribution in [0.5, 0.6) is 0 Å². The molecule has 4 rings (SSSR count). The SMILES string of the molecule is C[C@H]1[C@H]2C[C@H]3[C@@]4(C)[C@]1(C)[C@H](C(=O)[C@@]34C)C2(C)O. The molecule has 8 atom stereocenters. The van der Waals surface area contributed by atoms with E-state index in [0.29, 0.717) is 23.5 Å². The molecule has 2 bridgehead atoms. The van der Waals surface area contributed by atoms with E-state index in [9.17, 15) is 9.90 Å². The van der Waals surface area contributed by atoms with Gasteiger partial charge < -0.3 is 5.11 Å². The van der Waals surface area contributed by atoms with Gasteiger partial charge in [-0.05, 0) is 41.9 Å². The zero-order chi connectivity index (χ0) is 12.6. The molecule has 0 aromatic carbocycles. The van der Waals surface area contributed by atoms with Crippen molar-refractivity contribution in [2.45, 2.75) is 46.6 Å². The molecule has 1 unspecified atom stereocenters. The third kappa shape index (κ3) is 0.599. The van der Waals surface area contributed by atoms with Crippen molar-refractivity contribution in [3.8, 4) is 0 Å². The Kier molecular flexibility index (Phi) is 1.32. The van der Waals surface area contributed by atoms with Crippen molar-refractivity contribution < 1.29 is 9.90 Å². The smallest absolute Gasteiger partial charge is 0.146 e. The summed E-state index contributed by atoms with van der Waals surface area (Å²) in [6, 6.07) is 0. The lowest BCUT2D eigenvalue weighted by molar-refractivity contribution is -0.134. The Morgan fingerprint density at radius 2 is 1.82 bits per heavy atom. The highest BCUT2D eigenvalue weighted by Gasteiger charge is 2.94. The summed E-state index contributed by atoms with van der Waals surface area (Å²) in [6.07, 6.45) is 1.05. The predicted octanol–water partition coefficient (Wildman–Crippen LogP) is 2.25. The molecule has 2 nitrogen and oxygen atoms in total. The van der Waals surface area contributed by atoms with Gasteiger partial charge in [-0.15, -0.1) is 0 Å². The summed E-state index contributed by atoms with van der Waals surface area (Å²) in [7, 11) is 0. The van der Waals surface area contributed by atoms with Crippen molar-refractivity contribution in [1.82, 2.24) is 0 Å². The molecule has 17 heavy (non-hydrogen) atoms. The van der Waals surface area contributed by atoms with Crippen LogP contribution in [0.25, 0.3) is 0 Å². The van der Waals surface area contributed by atoms with E-state index < -0.39 is 5.60 Å². The van der Waals surface area contributed by atoms with Crippen LogP contribution in [0.1, 0.15) is 41.0 Å². The number of rotatable bonds is 0. The topological polar surface area (TPSA) is 37.3 Å². The Morgan fingerprint density at radius 3 is 2.41 bits per heavy atom. The molecule has 2 heteroatoms. The fourth-order valence-electron chi connectivity index (χ4n) is 7.06. The molecular weight excluding hydrogens is 212 g/mol. The minimum Gasteiger partial charge on any atom is -0.389 e. The van der Waals surface area contributed by atoms with E-state index in [0.717, 1.165) is 6.42 Å². The molecule has 0 spiro atoms. The van der Waals surface area contributed by atoms with Gasteiger partial charge >= 0.3 is 0 Å². The molecule has 0 heterocycles. The minimum atomic E-state index is -0.768. The predicted molar refractivity (Wildman–Crippen MR) is 64.2 cm³/mol. The largest absolute Gasteiger partial charge is 0.389 e. The van der Waals surface area contributed by atoms with E-state index >= 15 is 0 Å². The monoisotopic (exact) mass is 234 g/mol. The zero-order valence-corrected chi connectivity index (χ0v) is 11.4. The van der Waals surface area contributed by atoms with Crippen LogP contribution in [-0.2, 0) is 4.79 Å². The second-order valence-electron chi connectivity index (χ2n) is 7.89. The standard InChI is InChI=1S/C15H22O2/c1-7-8-6-9-13(3)11(16)10(14(8,4)17)12(7,2)15(9,13)5/h7-10,17H,6H2,1-5H3/t7-,8+,9+,10-,12-,13+,14?,15-/m0/s1. The average molecular weight is 234 g/mol. The van der Waals surface area contributed by atoms with Crippen molar-refractivity contribution in [2.75, 3.05) is 0 Å². The van der Waals surface area contributed by atoms with Gasteiger partial charge in [0.2, 0.25) is 0 Å². The van der Waals surface area contributed by atoms with Crippen molar-refractivity contribution in [3.05, 3.63) is 0 Å². The molecule has 0 saturated heterocycles. The maximum Gasteiger partial charge on any atom is 0.146 e. The molecule has 0 aliphatic heterocycles. The molecular formula is C15H22O2. The van der Waals surface area contributed by atoms with E-state index in [2.05, 4.69) is 27.7 Å². The number of fused-ring (bicyclic) bond motifs is 2. The first-order chi connectivity index (χ1) is 7.66. The molecule has 4 saturated carbocycles. The summed E-state index contributed by atoms with van der Waals surface area (Å²) in [6.45, 7) is 10.9. The Bertz CT molecular complexity index is 468. The lowest BCUT2D eigenvalue weighted by Gasteiger charge is -2.42. The van der Waals surface area contributed by atoms with E-state index in [1.165, 1.54) is 0 Å². The summed E-state index contributed by atoms with van der Waals surface area (Å²) in [5.74, 6) is 1.56. The molecule has 0 aromatic rings. The molecule has 4 fully saturated rings. The second kappa shape index (κ2) is 2.13. The van der Waals surface area contributed by atoms with E-state index in [1.54, 1.807) is 0 Å². The lowest BCUT2D eigenvalue weighted by atomic mass is 9.61. The molecule has 1 N–H and O–H groups in total. The van der Waals surface area contributed by atoms with Crippen molar-refractivity contribution in [2.24, 2.45) is 39.9 Å². The van der Waals surface area contributed by atoms with Crippen LogP contribution in [0.3, 0.4) is 0 Å². The first-order valence-electron chi connectivity index (χ1n) is 6.93. The first-order valence-corrected chi connectivity index (χ1v) is 6.93. The van der Waals surface area contributed by atoms with Gasteiger partial charge in [0, 0.05) is 5.41 Å². The highest BCUT2D eigenvalue weighted by atomic mass is 16.3. The summed E-state index contributed by atoms with van der Waals surface area (Å²) in [4.78, 5) is 12.8. The van der Waals surface area contributed by atoms with Gasteiger partial charge in [0.05, 0.1) is 11.5 Å². The van der Waals surface area contributed by atoms with Crippen LogP contribution in [-0.4, -0.2) is 16.5 Å². The number of hydrogen-bond donors (Lipinski definition) is 1. The number of ketones is 1. The van der Waals surface area contributed by atoms with Crippen LogP contribution in [0.4, 0.5) is 0 Å². The highest BCUT2D eigenvalue weighted by molar-refractivity contribution is 5.98. The first kappa shape index (κ1) is 10.5. The Balaban J connectivity index is 2.07. The van der Waals surface area contributed by atoms with Crippen LogP contribution >= 0.6 is 0 Å². The fourth-order valence-corrected chi connectivity index (χ4v) is 7.06.